The first kappa shape index (κ1) is 22.0. The quantitative estimate of drug-likeness (QED) is 0.616. The Bertz CT molecular complexity index is 1100. The van der Waals surface area contributed by atoms with E-state index < -0.39 is 17.5 Å². The molecule has 10 heteroatoms. The highest BCUT2D eigenvalue weighted by molar-refractivity contribution is 6.30. The highest BCUT2D eigenvalue weighted by atomic mass is 35.5. The van der Waals surface area contributed by atoms with Crippen molar-refractivity contribution in [2.24, 2.45) is 5.92 Å². The molecule has 1 aliphatic heterocycles. The molecule has 1 amide bonds. The van der Waals surface area contributed by atoms with Crippen molar-refractivity contribution in [3.05, 3.63) is 65.2 Å². The number of benzene rings is 1. The van der Waals surface area contributed by atoms with E-state index in [9.17, 15) is 13.6 Å². The van der Waals surface area contributed by atoms with Crippen LogP contribution in [0.25, 0.3) is 11.4 Å². The van der Waals surface area contributed by atoms with Gasteiger partial charge in [-0.25, -0.2) is 28.7 Å². The molecule has 0 aliphatic carbocycles. The Morgan fingerprint density at radius 2 is 1.84 bits per heavy atom. The zero-order valence-corrected chi connectivity index (χ0v) is 18.1. The second-order valence-corrected chi connectivity index (χ2v) is 8.11. The number of nitrogens with one attached hydrogen (secondary N) is 1. The van der Waals surface area contributed by atoms with Gasteiger partial charge in [-0.2, -0.15) is 0 Å². The smallest absolute Gasteiger partial charge is 0.255 e. The third kappa shape index (κ3) is 4.67. The lowest BCUT2D eigenvalue weighted by Gasteiger charge is -2.40. The summed E-state index contributed by atoms with van der Waals surface area (Å²) in [4.78, 5) is 31.7. The van der Waals surface area contributed by atoms with Crippen molar-refractivity contribution >= 4 is 23.5 Å². The van der Waals surface area contributed by atoms with Gasteiger partial charge < -0.3 is 10.2 Å². The standard InChI is InChI=1S/C22H21ClF2N6O/c1-13-4-2-7-31(19(13)12-30-22-28-10-14(23)11-29-22)21(32)16-9-18(25)17(24)8-15(16)20-26-5-3-6-27-20/h3,5-6,8-11,13,19H,2,4,7,12H2,1H3,(H,28,29,30)/t13-,19?/m1/s1. The largest absolute Gasteiger partial charge is 0.352 e. The fourth-order valence-corrected chi connectivity index (χ4v) is 4.01. The first-order valence-corrected chi connectivity index (χ1v) is 10.6. The van der Waals surface area contributed by atoms with Crippen molar-refractivity contribution in [3.8, 4) is 11.4 Å². The van der Waals surface area contributed by atoms with Crippen LogP contribution in [0.2, 0.25) is 5.02 Å². The fraction of sp³-hybridized carbons (Fsp3) is 0.318. The molecule has 0 spiro atoms. The molecule has 1 saturated heterocycles. The van der Waals surface area contributed by atoms with Gasteiger partial charge >= 0.3 is 0 Å². The number of carbonyl (C=O) groups excluding carboxylic acids is 1. The predicted molar refractivity (Wildman–Crippen MR) is 116 cm³/mol. The topological polar surface area (TPSA) is 83.9 Å². The summed E-state index contributed by atoms with van der Waals surface area (Å²) in [6, 6.07) is 3.31. The summed E-state index contributed by atoms with van der Waals surface area (Å²) < 4.78 is 28.2. The minimum Gasteiger partial charge on any atom is -0.352 e. The Labute approximate surface area is 188 Å². The lowest BCUT2D eigenvalue weighted by molar-refractivity contribution is 0.0540. The van der Waals surface area contributed by atoms with Crippen molar-refractivity contribution < 1.29 is 13.6 Å². The molecule has 4 rings (SSSR count). The molecule has 2 atom stereocenters. The minimum absolute atomic E-state index is 0.0249. The number of piperidine rings is 1. The van der Waals surface area contributed by atoms with Crippen LogP contribution in [0, 0.1) is 17.6 Å². The predicted octanol–water partition coefficient (Wildman–Crippen LogP) is 4.22. The van der Waals surface area contributed by atoms with Gasteiger partial charge in [0, 0.05) is 31.0 Å². The summed E-state index contributed by atoms with van der Waals surface area (Å²) in [7, 11) is 0. The van der Waals surface area contributed by atoms with Crippen LogP contribution in [0.4, 0.5) is 14.7 Å². The maximum absolute atomic E-state index is 14.2. The molecule has 32 heavy (non-hydrogen) atoms. The number of likely N-dealkylation sites (tertiary alicyclic amines) is 1. The summed E-state index contributed by atoms with van der Waals surface area (Å²) in [5.74, 6) is -1.83. The number of nitrogens with zero attached hydrogens (tertiary/aromatic N) is 5. The average Bonchev–Trinajstić information content (AvgIpc) is 2.81. The van der Waals surface area contributed by atoms with Gasteiger partial charge in [0.15, 0.2) is 17.5 Å². The van der Waals surface area contributed by atoms with Crippen molar-refractivity contribution in [1.29, 1.82) is 0 Å². The van der Waals surface area contributed by atoms with Gasteiger partial charge in [-0.3, -0.25) is 4.79 Å². The molecule has 0 radical (unpaired) electrons. The van der Waals surface area contributed by atoms with Gasteiger partial charge in [0.2, 0.25) is 5.95 Å². The summed E-state index contributed by atoms with van der Waals surface area (Å²) in [6.07, 6.45) is 7.68. The van der Waals surface area contributed by atoms with E-state index in [0.29, 0.717) is 24.1 Å². The number of rotatable bonds is 5. The van der Waals surface area contributed by atoms with Crippen LogP contribution < -0.4 is 5.32 Å². The third-order valence-electron chi connectivity index (χ3n) is 5.56. The second-order valence-electron chi connectivity index (χ2n) is 7.68. The van der Waals surface area contributed by atoms with Crippen LogP contribution in [0.5, 0.6) is 0 Å². The minimum atomic E-state index is -1.10. The molecule has 3 heterocycles. The number of amides is 1. The summed E-state index contributed by atoms with van der Waals surface area (Å²) in [5.41, 5.74) is 0.178. The van der Waals surface area contributed by atoms with E-state index >= 15 is 0 Å². The lowest BCUT2D eigenvalue weighted by Crippen LogP contribution is -2.51. The van der Waals surface area contributed by atoms with Crippen molar-refractivity contribution in [2.75, 3.05) is 18.4 Å². The van der Waals surface area contributed by atoms with E-state index in [2.05, 4.69) is 32.2 Å². The van der Waals surface area contributed by atoms with Crippen LogP contribution in [0.1, 0.15) is 30.1 Å². The van der Waals surface area contributed by atoms with Crippen molar-refractivity contribution in [3.63, 3.8) is 0 Å². The number of anilines is 1. The number of aromatic nitrogens is 4. The molecule has 1 aromatic carbocycles. The van der Waals surface area contributed by atoms with E-state index in [1.54, 1.807) is 11.0 Å². The van der Waals surface area contributed by atoms with Crippen molar-refractivity contribution in [1.82, 2.24) is 24.8 Å². The molecule has 166 valence electrons. The summed E-state index contributed by atoms with van der Waals surface area (Å²) in [5, 5.41) is 3.57. The number of halogens is 3. The molecule has 0 bridgehead atoms. The van der Waals surface area contributed by atoms with Gasteiger partial charge in [0.05, 0.1) is 29.0 Å². The Hall–Kier alpha value is -3.20. The molecule has 3 aromatic rings. The van der Waals surface area contributed by atoms with Gasteiger partial charge in [-0.05, 0) is 37.0 Å². The Morgan fingerprint density at radius 1 is 1.16 bits per heavy atom. The average molecular weight is 459 g/mol. The summed E-state index contributed by atoms with van der Waals surface area (Å²) in [6.45, 7) is 2.95. The molecular formula is C22H21ClF2N6O. The lowest BCUT2D eigenvalue weighted by atomic mass is 9.89. The van der Waals surface area contributed by atoms with E-state index in [-0.39, 0.29) is 28.9 Å². The number of carbonyl (C=O) groups is 1. The van der Waals surface area contributed by atoms with Gasteiger partial charge in [-0.1, -0.05) is 18.5 Å². The van der Waals surface area contributed by atoms with Gasteiger partial charge in [0.25, 0.3) is 5.91 Å². The van der Waals surface area contributed by atoms with Gasteiger partial charge in [-0.15, -0.1) is 0 Å². The Balaban J connectivity index is 1.64. The normalized spacial score (nSPS) is 18.4. The summed E-state index contributed by atoms with van der Waals surface area (Å²) >= 11 is 5.83. The monoisotopic (exact) mass is 458 g/mol. The maximum Gasteiger partial charge on any atom is 0.255 e. The van der Waals surface area contributed by atoms with E-state index in [1.165, 1.54) is 24.8 Å². The SMILES string of the molecule is C[C@@H]1CCCN(C(=O)c2cc(F)c(F)cc2-c2ncccn2)C1CNc1ncc(Cl)cn1. The zero-order valence-electron chi connectivity index (χ0n) is 17.3. The van der Waals surface area contributed by atoms with E-state index in [1.807, 2.05) is 0 Å². The van der Waals surface area contributed by atoms with E-state index in [0.717, 1.165) is 25.0 Å². The Kier molecular flexibility index (Phi) is 6.55. The molecule has 1 unspecified atom stereocenters. The molecule has 1 fully saturated rings. The molecule has 7 nitrogen and oxygen atoms in total. The first-order valence-electron chi connectivity index (χ1n) is 10.2. The molecule has 0 saturated carbocycles. The highest BCUT2D eigenvalue weighted by Crippen LogP contribution is 2.29. The first-order chi connectivity index (χ1) is 15.4. The zero-order chi connectivity index (χ0) is 22.7. The molecular weight excluding hydrogens is 438 g/mol. The molecule has 1 N–H and O–H groups in total. The van der Waals surface area contributed by atoms with E-state index in [4.69, 9.17) is 11.6 Å². The number of hydrogen-bond donors (Lipinski definition) is 1. The van der Waals surface area contributed by atoms with Crippen LogP contribution in [-0.4, -0.2) is 49.9 Å². The maximum atomic E-state index is 14.2. The second kappa shape index (κ2) is 9.52. The third-order valence-corrected chi connectivity index (χ3v) is 5.76. The van der Waals surface area contributed by atoms with Crippen molar-refractivity contribution in [2.45, 2.75) is 25.8 Å². The molecule has 1 aliphatic rings. The van der Waals surface area contributed by atoms with Crippen LogP contribution in [0.15, 0.2) is 43.0 Å². The number of hydrogen-bond acceptors (Lipinski definition) is 6. The van der Waals surface area contributed by atoms with Gasteiger partial charge in [0.1, 0.15) is 0 Å². The fourth-order valence-electron chi connectivity index (χ4n) is 3.91. The Morgan fingerprint density at radius 3 is 2.56 bits per heavy atom. The van der Waals surface area contributed by atoms with Crippen LogP contribution in [0.3, 0.4) is 0 Å². The molecule has 2 aromatic heterocycles. The van der Waals surface area contributed by atoms with Crippen LogP contribution >= 0.6 is 11.6 Å². The van der Waals surface area contributed by atoms with Crippen LogP contribution in [-0.2, 0) is 0 Å². The highest BCUT2D eigenvalue weighted by Gasteiger charge is 2.34.